The van der Waals surface area contributed by atoms with Crippen LogP contribution in [0, 0.1) is 5.82 Å². The van der Waals surface area contributed by atoms with Gasteiger partial charge in [0.25, 0.3) is 5.56 Å². The van der Waals surface area contributed by atoms with Gasteiger partial charge in [-0.25, -0.2) is 9.37 Å². The number of nitrogens with zero attached hydrogens (tertiary/aromatic N) is 1. The van der Waals surface area contributed by atoms with E-state index >= 15 is 0 Å². The lowest BCUT2D eigenvalue weighted by atomic mass is 10.1. The number of ether oxygens (including phenoxy) is 1. The molecule has 0 aliphatic rings. The summed E-state index contributed by atoms with van der Waals surface area (Å²) in [6.07, 6.45) is 2.89. The Balaban J connectivity index is 2.65. The zero-order chi connectivity index (χ0) is 11.5. The molecule has 0 aliphatic carbocycles. The zero-order valence-electron chi connectivity index (χ0n) is 8.53. The number of aromatic amines is 1. The molecule has 0 radical (unpaired) electrons. The van der Waals surface area contributed by atoms with Gasteiger partial charge in [0, 0.05) is 24.0 Å². The number of hydrogen-bond acceptors (Lipinski definition) is 3. The van der Waals surface area contributed by atoms with Gasteiger partial charge in [-0.1, -0.05) is 0 Å². The first-order chi connectivity index (χ1) is 7.72. The van der Waals surface area contributed by atoms with Crippen molar-refractivity contribution in [3.05, 3.63) is 46.8 Å². The van der Waals surface area contributed by atoms with Crippen LogP contribution < -0.4 is 10.3 Å². The van der Waals surface area contributed by atoms with Crippen molar-refractivity contribution in [3.63, 3.8) is 0 Å². The first kappa shape index (κ1) is 10.4. The molecule has 2 aromatic rings. The second-order valence-electron chi connectivity index (χ2n) is 3.11. The average molecular weight is 220 g/mol. The van der Waals surface area contributed by atoms with Gasteiger partial charge in [-0.3, -0.25) is 4.79 Å². The zero-order valence-corrected chi connectivity index (χ0v) is 8.53. The highest BCUT2D eigenvalue weighted by Gasteiger charge is 2.11. The minimum atomic E-state index is -0.423. The van der Waals surface area contributed by atoms with Gasteiger partial charge in [-0.05, 0) is 12.1 Å². The van der Waals surface area contributed by atoms with E-state index in [-0.39, 0.29) is 17.0 Å². The smallest absolute Gasteiger partial charge is 0.274 e. The van der Waals surface area contributed by atoms with E-state index in [1.807, 2.05) is 0 Å². The first-order valence-corrected chi connectivity index (χ1v) is 4.60. The van der Waals surface area contributed by atoms with Gasteiger partial charge < -0.3 is 9.72 Å². The summed E-state index contributed by atoms with van der Waals surface area (Å²) in [5.74, 6) is -0.142. The lowest BCUT2D eigenvalue weighted by Gasteiger charge is -2.06. The molecule has 4 nitrogen and oxygen atoms in total. The van der Waals surface area contributed by atoms with Gasteiger partial charge in [0.05, 0.1) is 7.11 Å². The normalized spacial score (nSPS) is 10.1. The summed E-state index contributed by atoms with van der Waals surface area (Å²) in [4.78, 5) is 17.9. The monoisotopic (exact) mass is 220 g/mol. The van der Waals surface area contributed by atoms with Crippen LogP contribution in [0.15, 0.2) is 35.4 Å². The molecule has 0 saturated carbocycles. The molecular weight excluding hydrogens is 211 g/mol. The molecule has 1 N–H and O–H groups in total. The Morgan fingerprint density at radius 2 is 2.25 bits per heavy atom. The Hall–Kier alpha value is -2.17. The number of nitrogens with one attached hydrogen (secondary N) is 1. The fourth-order valence-electron chi connectivity index (χ4n) is 1.40. The molecule has 0 amide bonds. The van der Waals surface area contributed by atoms with Gasteiger partial charge >= 0.3 is 0 Å². The lowest BCUT2D eigenvalue weighted by Crippen LogP contribution is -2.10. The highest BCUT2D eigenvalue weighted by atomic mass is 19.1. The standard InChI is InChI=1S/C11H9FN2O2/c1-16-9-6-7(12)2-3-8(9)10-11(15)14-5-4-13-10/h2-6H,1H3,(H,14,15). The topological polar surface area (TPSA) is 55.0 Å². The number of rotatable bonds is 2. The fourth-order valence-corrected chi connectivity index (χ4v) is 1.40. The van der Waals surface area contributed by atoms with E-state index in [1.165, 1.54) is 37.7 Å². The molecule has 1 aromatic heterocycles. The van der Waals surface area contributed by atoms with E-state index in [4.69, 9.17) is 4.74 Å². The molecule has 2 rings (SSSR count). The van der Waals surface area contributed by atoms with Crippen LogP contribution in [0.2, 0.25) is 0 Å². The maximum atomic E-state index is 13.0. The van der Waals surface area contributed by atoms with Crippen molar-refractivity contribution < 1.29 is 9.13 Å². The van der Waals surface area contributed by atoms with Crippen molar-refractivity contribution in [2.24, 2.45) is 0 Å². The Labute approximate surface area is 90.7 Å². The summed E-state index contributed by atoms with van der Waals surface area (Å²) in [5, 5.41) is 0. The van der Waals surface area contributed by atoms with Gasteiger partial charge in [0.15, 0.2) is 0 Å². The number of aromatic nitrogens is 2. The van der Waals surface area contributed by atoms with Gasteiger partial charge in [0.1, 0.15) is 17.3 Å². The van der Waals surface area contributed by atoms with Crippen LogP contribution in [0.5, 0.6) is 5.75 Å². The molecule has 0 atom stereocenters. The summed E-state index contributed by atoms with van der Waals surface area (Å²) >= 11 is 0. The minimum absolute atomic E-state index is 0.208. The van der Waals surface area contributed by atoms with Crippen LogP contribution in [0.3, 0.4) is 0 Å². The summed E-state index contributed by atoms with van der Waals surface area (Å²) in [6, 6.07) is 3.93. The first-order valence-electron chi connectivity index (χ1n) is 4.60. The third kappa shape index (κ3) is 1.79. The maximum Gasteiger partial charge on any atom is 0.274 e. The number of H-pyrrole nitrogens is 1. The molecule has 0 fully saturated rings. The quantitative estimate of drug-likeness (QED) is 0.836. The summed E-state index contributed by atoms with van der Waals surface area (Å²) in [5.41, 5.74) is 0.331. The van der Waals surface area contributed by atoms with Crippen LogP contribution >= 0.6 is 0 Å². The molecular formula is C11H9FN2O2. The maximum absolute atomic E-state index is 13.0. The van der Waals surface area contributed by atoms with Crippen molar-refractivity contribution in [3.8, 4) is 17.0 Å². The highest BCUT2D eigenvalue weighted by Crippen LogP contribution is 2.26. The number of benzene rings is 1. The molecule has 0 aliphatic heterocycles. The summed E-state index contributed by atoms with van der Waals surface area (Å²) in [6.45, 7) is 0. The molecule has 82 valence electrons. The van der Waals surface area contributed by atoms with Crippen LogP contribution in [0.25, 0.3) is 11.3 Å². The number of hydrogen-bond donors (Lipinski definition) is 1. The van der Waals surface area contributed by atoms with E-state index in [0.29, 0.717) is 5.56 Å². The molecule has 5 heteroatoms. The van der Waals surface area contributed by atoms with Crippen LogP contribution in [0.1, 0.15) is 0 Å². The number of halogens is 1. The van der Waals surface area contributed by atoms with E-state index in [1.54, 1.807) is 0 Å². The molecule has 0 spiro atoms. The predicted molar refractivity (Wildman–Crippen MR) is 56.8 cm³/mol. The molecule has 1 aromatic carbocycles. The fraction of sp³-hybridized carbons (Fsp3) is 0.0909. The largest absolute Gasteiger partial charge is 0.496 e. The third-order valence-electron chi connectivity index (χ3n) is 2.13. The SMILES string of the molecule is COc1cc(F)ccc1-c1ncc[nH]c1=O. The van der Waals surface area contributed by atoms with Crippen molar-refractivity contribution in [2.45, 2.75) is 0 Å². The lowest BCUT2D eigenvalue weighted by molar-refractivity contribution is 0.413. The number of methoxy groups -OCH3 is 1. The van der Waals surface area contributed by atoms with Crippen LogP contribution in [0.4, 0.5) is 4.39 Å². The van der Waals surface area contributed by atoms with Crippen LogP contribution in [-0.2, 0) is 0 Å². The van der Waals surface area contributed by atoms with Gasteiger partial charge in [0.2, 0.25) is 0 Å². The summed E-state index contributed by atoms with van der Waals surface area (Å²) in [7, 11) is 1.41. The molecule has 0 unspecified atom stereocenters. The van der Waals surface area contributed by atoms with Gasteiger partial charge in [-0.15, -0.1) is 0 Å². The average Bonchev–Trinajstić information content (AvgIpc) is 2.30. The van der Waals surface area contributed by atoms with Crippen LogP contribution in [-0.4, -0.2) is 17.1 Å². The predicted octanol–water partition coefficient (Wildman–Crippen LogP) is 1.58. The second kappa shape index (κ2) is 4.14. The van der Waals surface area contributed by atoms with E-state index in [9.17, 15) is 9.18 Å². The Morgan fingerprint density at radius 1 is 1.44 bits per heavy atom. The minimum Gasteiger partial charge on any atom is -0.496 e. The second-order valence-corrected chi connectivity index (χ2v) is 3.11. The molecule has 0 bridgehead atoms. The Morgan fingerprint density at radius 3 is 2.94 bits per heavy atom. The van der Waals surface area contributed by atoms with Crippen molar-refractivity contribution in [1.82, 2.24) is 9.97 Å². The Bertz CT molecular complexity index is 566. The molecule has 1 heterocycles. The Kier molecular flexibility index (Phi) is 2.68. The highest BCUT2D eigenvalue weighted by molar-refractivity contribution is 5.66. The van der Waals surface area contributed by atoms with Crippen molar-refractivity contribution >= 4 is 0 Å². The molecule has 0 saturated heterocycles. The summed E-state index contributed by atoms with van der Waals surface area (Å²) < 4.78 is 18.0. The van der Waals surface area contributed by atoms with Crippen molar-refractivity contribution in [2.75, 3.05) is 7.11 Å². The third-order valence-corrected chi connectivity index (χ3v) is 2.13. The van der Waals surface area contributed by atoms with Crippen molar-refractivity contribution in [1.29, 1.82) is 0 Å². The van der Waals surface area contributed by atoms with E-state index in [2.05, 4.69) is 9.97 Å². The van der Waals surface area contributed by atoms with E-state index in [0.717, 1.165) is 0 Å². The van der Waals surface area contributed by atoms with Gasteiger partial charge in [-0.2, -0.15) is 0 Å². The molecule has 16 heavy (non-hydrogen) atoms. The van der Waals surface area contributed by atoms with E-state index < -0.39 is 5.82 Å².